The molecule has 3 heteroatoms. The molecule has 1 aromatic carbocycles. The van der Waals surface area contributed by atoms with Crippen LogP contribution in [0.4, 0.5) is 0 Å². The third kappa shape index (κ3) is 3.55. The Balaban J connectivity index is 2.02. The molecule has 0 unspecified atom stereocenters. The zero-order valence-electron chi connectivity index (χ0n) is 12.3. The van der Waals surface area contributed by atoms with E-state index in [1.54, 1.807) is 0 Å². The van der Waals surface area contributed by atoms with Crippen LogP contribution in [0, 0.1) is 17.8 Å². The van der Waals surface area contributed by atoms with E-state index in [1.165, 1.54) is 0 Å². The summed E-state index contributed by atoms with van der Waals surface area (Å²) in [4.78, 5) is 0. The van der Waals surface area contributed by atoms with Crippen LogP contribution in [0.2, 0.25) is 0 Å². The Labute approximate surface area is 127 Å². The van der Waals surface area contributed by atoms with Gasteiger partial charge in [0.1, 0.15) is 0 Å². The largest absolute Gasteiger partial charge is 0.390 e. The first-order valence-corrected chi connectivity index (χ1v) is 8.10. The molecular formula is C17H25ClO2. The summed E-state index contributed by atoms with van der Waals surface area (Å²) in [6.07, 6.45) is 1.56. The molecule has 0 aromatic heterocycles. The molecule has 0 aliphatic heterocycles. The van der Waals surface area contributed by atoms with Gasteiger partial charge in [-0.15, -0.1) is 11.6 Å². The van der Waals surface area contributed by atoms with Crippen molar-refractivity contribution in [3.63, 3.8) is 0 Å². The Hall–Kier alpha value is -0.570. The Kier molecular flexibility index (Phi) is 5.88. The highest BCUT2D eigenvalue weighted by Crippen LogP contribution is 2.38. The topological polar surface area (TPSA) is 29.5 Å². The van der Waals surface area contributed by atoms with E-state index in [9.17, 15) is 5.11 Å². The van der Waals surface area contributed by atoms with Crippen LogP contribution in [-0.2, 0) is 11.3 Å². The molecule has 0 radical (unpaired) electrons. The van der Waals surface area contributed by atoms with E-state index in [0.717, 1.165) is 18.4 Å². The number of halogens is 1. The predicted octanol–water partition coefficient (Wildman–Crippen LogP) is 3.85. The van der Waals surface area contributed by atoms with Gasteiger partial charge >= 0.3 is 0 Å². The third-order valence-corrected chi connectivity index (χ3v) is 5.09. The Morgan fingerprint density at radius 2 is 1.95 bits per heavy atom. The smallest absolute Gasteiger partial charge is 0.0869 e. The fourth-order valence-electron chi connectivity index (χ4n) is 3.30. The number of rotatable bonds is 5. The number of benzene rings is 1. The van der Waals surface area contributed by atoms with Crippen LogP contribution >= 0.6 is 11.6 Å². The fraction of sp³-hybridized carbons (Fsp3) is 0.647. The summed E-state index contributed by atoms with van der Waals surface area (Å²) < 4.78 is 6.05. The van der Waals surface area contributed by atoms with Gasteiger partial charge in [-0.3, -0.25) is 0 Å². The standard InChI is InChI=1S/C17H25ClO2/c1-3-14-9-15(10-18)16(19)17(12(14)2)20-11-13-7-5-4-6-8-13/h4-8,12,14-17,19H,3,9-11H2,1-2H3/t12-,14+,15-,16+,17+/m1/s1. The summed E-state index contributed by atoms with van der Waals surface area (Å²) in [5, 5.41) is 10.5. The van der Waals surface area contributed by atoms with Gasteiger partial charge in [0, 0.05) is 11.8 Å². The van der Waals surface area contributed by atoms with Crippen LogP contribution in [0.5, 0.6) is 0 Å². The predicted molar refractivity (Wildman–Crippen MR) is 82.8 cm³/mol. The van der Waals surface area contributed by atoms with Crippen LogP contribution < -0.4 is 0 Å². The lowest BCUT2D eigenvalue weighted by Crippen LogP contribution is -2.48. The second-order valence-corrected chi connectivity index (χ2v) is 6.24. The number of aliphatic hydroxyl groups is 1. The average molecular weight is 297 g/mol. The molecule has 2 rings (SSSR count). The van der Waals surface area contributed by atoms with Crippen LogP contribution in [0.1, 0.15) is 32.3 Å². The first-order chi connectivity index (χ1) is 9.67. The van der Waals surface area contributed by atoms with Gasteiger partial charge in [-0.1, -0.05) is 50.6 Å². The van der Waals surface area contributed by atoms with Crippen molar-refractivity contribution in [3.05, 3.63) is 35.9 Å². The summed E-state index contributed by atoms with van der Waals surface area (Å²) in [7, 11) is 0. The summed E-state index contributed by atoms with van der Waals surface area (Å²) >= 11 is 6.01. The minimum absolute atomic E-state index is 0.113. The molecule has 2 nitrogen and oxygen atoms in total. The maximum absolute atomic E-state index is 10.5. The van der Waals surface area contributed by atoms with Crippen LogP contribution in [0.3, 0.4) is 0 Å². The average Bonchev–Trinajstić information content (AvgIpc) is 2.48. The van der Waals surface area contributed by atoms with Crippen molar-refractivity contribution in [1.29, 1.82) is 0 Å². The maximum Gasteiger partial charge on any atom is 0.0869 e. The van der Waals surface area contributed by atoms with E-state index in [1.807, 2.05) is 18.2 Å². The molecule has 1 N–H and O–H groups in total. The lowest BCUT2D eigenvalue weighted by Gasteiger charge is -2.43. The van der Waals surface area contributed by atoms with E-state index in [2.05, 4.69) is 26.0 Å². The summed E-state index contributed by atoms with van der Waals surface area (Å²) in [5.41, 5.74) is 1.15. The van der Waals surface area contributed by atoms with E-state index in [0.29, 0.717) is 24.3 Å². The zero-order valence-corrected chi connectivity index (χ0v) is 13.1. The quantitative estimate of drug-likeness (QED) is 0.836. The van der Waals surface area contributed by atoms with Crippen molar-refractivity contribution in [3.8, 4) is 0 Å². The normalized spacial score (nSPS) is 34.1. The van der Waals surface area contributed by atoms with E-state index < -0.39 is 6.10 Å². The molecule has 0 bridgehead atoms. The fourth-order valence-corrected chi connectivity index (χ4v) is 3.61. The number of aliphatic hydroxyl groups excluding tert-OH is 1. The molecule has 1 fully saturated rings. The van der Waals surface area contributed by atoms with Gasteiger partial charge in [-0.05, 0) is 23.8 Å². The van der Waals surface area contributed by atoms with Crippen molar-refractivity contribution < 1.29 is 9.84 Å². The number of ether oxygens (including phenoxy) is 1. The molecule has 1 aliphatic carbocycles. The van der Waals surface area contributed by atoms with Crippen LogP contribution in [0.15, 0.2) is 30.3 Å². The SMILES string of the molecule is CC[C@H]1C[C@H](CCl)[C@H](O)[C@@H](OCc2ccccc2)[C@@H]1C. The monoisotopic (exact) mass is 296 g/mol. The number of alkyl halides is 1. The number of hydrogen-bond donors (Lipinski definition) is 1. The summed E-state index contributed by atoms with van der Waals surface area (Å²) in [6, 6.07) is 10.1. The Morgan fingerprint density at radius 1 is 1.25 bits per heavy atom. The van der Waals surface area contributed by atoms with Crippen LogP contribution in [0.25, 0.3) is 0 Å². The van der Waals surface area contributed by atoms with Gasteiger partial charge in [0.05, 0.1) is 18.8 Å². The molecule has 1 aromatic rings. The van der Waals surface area contributed by atoms with Gasteiger partial charge in [-0.2, -0.15) is 0 Å². The second-order valence-electron chi connectivity index (χ2n) is 5.93. The molecule has 5 atom stereocenters. The number of hydrogen-bond acceptors (Lipinski definition) is 2. The van der Waals surface area contributed by atoms with Gasteiger partial charge in [0.25, 0.3) is 0 Å². The first-order valence-electron chi connectivity index (χ1n) is 7.56. The molecule has 0 spiro atoms. The van der Waals surface area contributed by atoms with Crippen LogP contribution in [-0.4, -0.2) is 23.2 Å². The lowest BCUT2D eigenvalue weighted by molar-refractivity contribution is -0.129. The summed E-state index contributed by atoms with van der Waals surface area (Å²) in [5.74, 6) is 1.62. The molecule has 1 aliphatic rings. The highest BCUT2D eigenvalue weighted by atomic mass is 35.5. The molecule has 112 valence electrons. The van der Waals surface area contributed by atoms with Crippen molar-refractivity contribution >= 4 is 11.6 Å². The second kappa shape index (κ2) is 7.44. The van der Waals surface area contributed by atoms with E-state index in [-0.39, 0.29) is 12.0 Å². The van der Waals surface area contributed by atoms with Crippen molar-refractivity contribution in [2.75, 3.05) is 5.88 Å². The Morgan fingerprint density at radius 3 is 2.55 bits per heavy atom. The van der Waals surface area contributed by atoms with Crippen molar-refractivity contribution in [1.82, 2.24) is 0 Å². The molecule has 0 saturated heterocycles. The molecular weight excluding hydrogens is 272 g/mol. The zero-order chi connectivity index (χ0) is 14.5. The molecule has 0 amide bonds. The Bertz CT molecular complexity index is 379. The molecule has 0 heterocycles. The molecule has 1 saturated carbocycles. The summed E-state index contributed by atoms with van der Waals surface area (Å²) in [6.45, 7) is 4.95. The minimum Gasteiger partial charge on any atom is -0.390 e. The highest BCUT2D eigenvalue weighted by molar-refractivity contribution is 6.18. The van der Waals surface area contributed by atoms with Gasteiger partial charge in [0.2, 0.25) is 0 Å². The highest BCUT2D eigenvalue weighted by Gasteiger charge is 2.41. The van der Waals surface area contributed by atoms with Crippen molar-refractivity contribution in [2.45, 2.75) is 45.5 Å². The minimum atomic E-state index is -0.450. The van der Waals surface area contributed by atoms with Gasteiger partial charge in [0.15, 0.2) is 0 Å². The van der Waals surface area contributed by atoms with E-state index in [4.69, 9.17) is 16.3 Å². The van der Waals surface area contributed by atoms with E-state index >= 15 is 0 Å². The van der Waals surface area contributed by atoms with Gasteiger partial charge < -0.3 is 9.84 Å². The first kappa shape index (κ1) is 15.8. The maximum atomic E-state index is 10.5. The van der Waals surface area contributed by atoms with Gasteiger partial charge in [-0.25, -0.2) is 0 Å². The van der Waals surface area contributed by atoms with Crippen molar-refractivity contribution in [2.24, 2.45) is 17.8 Å². The molecule has 20 heavy (non-hydrogen) atoms. The lowest BCUT2D eigenvalue weighted by atomic mass is 9.71. The third-order valence-electron chi connectivity index (χ3n) is 4.69.